The quantitative estimate of drug-likeness (QED) is 0.703. The van der Waals surface area contributed by atoms with Crippen LogP contribution in [0.3, 0.4) is 0 Å². The fraction of sp³-hybridized carbons (Fsp3) is 0.667. The van der Waals surface area contributed by atoms with Gasteiger partial charge in [-0.05, 0) is 64.0 Å². The van der Waals surface area contributed by atoms with E-state index < -0.39 is 0 Å². The standard InChI is InChI=1S/C18H31BrN2/c1-6-12-20-17(18(7-2,8-3)21(4)5)14-15-10-9-11-16(19)13-15/h9-11,13,17,20H,6-8,12,14H2,1-5H3. The summed E-state index contributed by atoms with van der Waals surface area (Å²) >= 11 is 3.59. The summed E-state index contributed by atoms with van der Waals surface area (Å²) in [7, 11) is 4.43. The molecule has 0 heterocycles. The molecule has 1 N–H and O–H groups in total. The Morgan fingerprint density at radius 2 is 1.86 bits per heavy atom. The van der Waals surface area contributed by atoms with E-state index in [2.05, 4.69) is 85.3 Å². The number of hydrogen-bond donors (Lipinski definition) is 1. The molecular formula is C18H31BrN2. The molecular weight excluding hydrogens is 324 g/mol. The molecule has 0 aliphatic rings. The molecule has 21 heavy (non-hydrogen) atoms. The van der Waals surface area contributed by atoms with Crippen molar-refractivity contribution >= 4 is 15.9 Å². The van der Waals surface area contributed by atoms with Gasteiger partial charge in [-0.15, -0.1) is 0 Å². The molecule has 2 nitrogen and oxygen atoms in total. The fourth-order valence-corrected chi connectivity index (χ4v) is 3.80. The second kappa shape index (κ2) is 8.92. The Bertz CT molecular complexity index is 413. The number of hydrogen-bond acceptors (Lipinski definition) is 2. The van der Waals surface area contributed by atoms with Gasteiger partial charge in [-0.1, -0.05) is 48.8 Å². The van der Waals surface area contributed by atoms with Crippen molar-refractivity contribution in [1.29, 1.82) is 0 Å². The summed E-state index contributed by atoms with van der Waals surface area (Å²) in [6, 6.07) is 9.17. The minimum Gasteiger partial charge on any atom is -0.312 e. The van der Waals surface area contributed by atoms with Gasteiger partial charge in [0.1, 0.15) is 0 Å². The van der Waals surface area contributed by atoms with Crippen LogP contribution < -0.4 is 5.32 Å². The SMILES string of the molecule is CCCNC(Cc1cccc(Br)c1)C(CC)(CC)N(C)C. The van der Waals surface area contributed by atoms with E-state index in [9.17, 15) is 0 Å². The molecule has 0 radical (unpaired) electrons. The first-order chi connectivity index (χ1) is 10.00. The maximum Gasteiger partial charge on any atom is 0.0354 e. The highest BCUT2D eigenvalue weighted by atomic mass is 79.9. The molecule has 1 aromatic rings. The number of likely N-dealkylation sites (N-methyl/N-ethyl adjacent to an activating group) is 1. The minimum absolute atomic E-state index is 0.206. The monoisotopic (exact) mass is 354 g/mol. The Balaban J connectivity index is 3.03. The van der Waals surface area contributed by atoms with Crippen molar-refractivity contribution < 1.29 is 0 Å². The van der Waals surface area contributed by atoms with E-state index >= 15 is 0 Å². The summed E-state index contributed by atoms with van der Waals surface area (Å²) in [5.41, 5.74) is 1.60. The van der Waals surface area contributed by atoms with Gasteiger partial charge in [-0.2, -0.15) is 0 Å². The highest BCUT2D eigenvalue weighted by Crippen LogP contribution is 2.28. The Labute approximate surface area is 139 Å². The highest BCUT2D eigenvalue weighted by Gasteiger charge is 2.37. The normalized spacial score (nSPS) is 13.7. The van der Waals surface area contributed by atoms with Crippen LogP contribution in [0.5, 0.6) is 0 Å². The molecule has 1 atom stereocenters. The maximum atomic E-state index is 3.80. The van der Waals surface area contributed by atoms with E-state index in [1.54, 1.807) is 0 Å². The topological polar surface area (TPSA) is 15.3 Å². The van der Waals surface area contributed by atoms with Crippen LogP contribution in [0.15, 0.2) is 28.7 Å². The van der Waals surface area contributed by atoms with Gasteiger partial charge in [0, 0.05) is 16.1 Å². The van der Waals surface area contributed by atoms with Crippen molar-refractivity contribution in [2.75, 3.05) is 20.6 Å². The zero-order valence-corrected chi connectivity index (χ0v) is 15.8. The minimum atomic E-state index is 0.206. The lowest BCUT2D eigenvalue weighted by atomic mass is 9.80. The van der Waals surface area contributed by atoms with Gasteiger partial charge in [0.05, 0.1) is 0 Å². The van der Waals surface area contributed by atoms with Crippen molar-refractivity contribution in [3.8, 4) is 0 Å². The van der Waals surface area contributed by atoms with E-state index in [0.717, 1.165) is 30.3 Å². The highest BCUT2D eigenvalue weighted by molar-refractivity contribution is 9.10. The third-order valence-corrected chi connectivity index (χ3v) is 5.23. The summed E-state index contributed by atoms with van der Waals surface area (Å²) < 4.78 is 1.16. The van der Waals surface area contributed by atoms with E-state index in [1.807, 2.05) is 0 Å². The van der Waals surface area contributed by atoms with Gasteiger partial charge in [-0.3, -0.25) is 0 Å². The maximum absolute atomic E-state index is 3.80. The predicted octanol–water partition coefficient (Wildman–Crippen LogP) is 4.48. The summed E-state index contributed by atoms with van der Waals surface area (Å²) in [4.78, 5) is 2.41. The van der Waals surface area contributed by atoms with Crippen LogP contribution in [-0.2, 0) is 6.42 Å². The molecule has 0 aliphatic carbocycles. The zero-order valence-electron chi connectivity index (χ0n) is 14.2. The Kier molecular flexibility index (Phi) is 7.93. The van der Waals surface area contributed by atoms with Gasteiger partial charge in [-0.25, -0.2) is 0 Å². The van der Waals surface area contributed by atoms with Gasteiger partial charge >= 0.3 is 0 Å². The smallest absolute Gasteiger partial charge is 0.0354 e. The fourth-order valence-electron chi connectivity index (χ4n) is 3.36. The van der Waals surface area contributed by atoms with Gasteiger partial charge in [0.2, 0.25) is 0 Å². The summed E-state index contributed by atoms with van der Waals surface area (Å²) in [5.74, 6) is 0. The Morgan fingerprint density at radius 3 is 2.33 bits per heavy atom. The van der Waals surface area contributed by atoms with Crippen LogP contribution in [0.4, 0.5) is 0 Å². The molecule has 1 aromatic carbocycles. The van der Waals surface area contributed by atoms with Crippen LogP contribution in [0.1, 0.15) is 45.6 Å². The van der Waals surface area contributed by atoms with Crippen LogP contribution in [0.2, 0.25) is 0 Å². The number of benzene rings is 1. The zero-order chi connectivity index (χ0) is 15.9. The molecule has 1 rings (SSSR count). The average Bonchev–Trinajstić information content (AvgIpc) is 2.46. The average molecular weight is 355 g/mol. The lowest BCUT2D eigenvalue weighted by molar-refractivity contribution is 0.0881. The van der Waals surface area contributed by atoms with Crippen molar-refractivity contribution in [2.45, 2.75) is 58.0 Å². The Hall–Kier alpha value is -0.380. The van der Waals surface area contributed by atoms with E-state index in [1.165, 1.54) is 12.0 Å². The molecule has 0 spiro atoms. The molecule has 0 amide bonds. The second-order valence-corrected chi connectivity index (χ2v) is 6.96. The van der Waals surface area contributed by atoms with E-state index in [4.69, 9.17) is 0 Å². The third-order valence-electron chi connectivity index (χ3n) is 4.73. The summed E-state index contributed by atoms with van der Waals surface area (Å²) in [5, 5.41) is 3.80. The molecule has 0 bridgehead atoms. The van der Waals surface area contributed by atoms with Crippen molar-refractivity contribution in [1.82, 2.24) is 10.2 Å². The lowest BCUT2D eigenvalue weighted by Crippen LogP contribution is -2.59. The molecule has 0 saturated heterocycles. The lowest BCUT2D eigenvalue weighted by Gasteiger charge is -2.46. The molecule has 0 aromatic heterocycles. The molecule has 1 unspecified atom stereocenters. The van der Waals surface area contributed by atoms with Gasteiger partial charge in [0.25, 0.3) is 0 Å². The van der Waals surface area contributed by atoms with Gasteiger partial charge < -0.3 is 10.2 Å². The number of nitrogens with one attached hydrogen (secondary N) is 1. The van der Waals surface area contributed by atoms with Gasteiger partial charge in [0.15, 0.2) is 0 Å². The van der Waals surface area contributed by atoms with Crippen LogP contribution >= 0.6 is 15.9 Å². The summed E-state index contributed by atoms with van der Waals surface area (Å²) in [6.07, 6.45) is 4.56. The van der Waals surface area contributed by atoms with Crippen molar-refractivity contribution in [3.05, 3.63) is 34.3 Å². The first kappa shape index (κ1) is 18.7. The molecule has 0 saturated carbocycles. The number of nitrogens with zero attached hydrogens (tertiary/aromatic N) is 1. The molecule has 120 valence electrons. The second-order valence-electron chi connectivity index (χ2n) is 6.05. The van der Waals surface area contributed by atoms with Crippen LogP contribution in [-0.4, -0.2) is 37.1 Å². The summed E-state index contributed by atoms with van der Waals surface area (Å²) in [6.45, 7) is 7.93. The van der Waals surface area contributed by atoms with Crippen molar-refractivity contribution in [3.63, 3.8) is 0 Å². The van der Waals surface area contributed by atoms with Crippen LogP contribution in [0, 0.1) is 0 Å². The largest absolute Gasteiger partial charge is 0.312 e. The molecule has 0 fully saturated rings. The first-order valence-corrected chi connectivity index (χ1v) is 8.94. The predicted molar refractivity (Wildman–Crippen MR) is 96.9 cm³/mol. The number of rotatable bonds is 9. The first-order valence-electron chi connectivity index (χ1n) is 8.15. The number of halogens is 1. The van der Waals surface area contributed by atoms with E-state index in [-0.39, 0.29) is 5.54 Å². The molecule has 0 aliphatic heterocycles. The van der Waals surface area contributed by atoms with Crippen molar-refractivity contribution in [2.24, 2.45) is 0 Å². The Morgan fingerprint density at radius 1 is 1.19 bits per heavy atom. The molecule has 3 heteroatoms. The third kappa shape index (κ3) is 4.80. The van der Waals surface area contributed by atoms with Crippen LogP contribution in [0.25, 0.3) is 0 Å². The van der Waals surface area contributed by atoms with E-state index in [0.29, 0.717) is 6.04 Å².